The minimum Gasteiger partial charge on any atom is -0.505 e. The van der Waals surface area contributed by atoms with Gasteiger partial charge >= 0.3 is 5.97 Å². The number of ether oxygens (including phenoxy) is 1. The maximum absolute atomic E-state index is 13.4. The Morgan fingerprint density at radius 3 is 2.59 bits per heavy atom. The second-order valence-electron chi connectivity index (χ2n) is 4.64. The maximum atomic E-state index is 13.4. The van der Waals surface area contributed by atoms with Gasteiger partial charge in [0.15, 0.2) is 11.4 Å². The van der Waals surface area contributed by atoms with E-state index in [0.29, 0.717) is 11.1 Å². The van der Waals surface area contributed by atoms with Gasteiger partial charge in [-0.3, -0.25) is 0 Å². The lowest BCUT2D eigenvalue weighted by atomic mass is 10.1. The summed E-state index contributed by atoms with van der Waals surface area (Å²) < 4.78 is 31.5. The van der Waals surface area contributed by atoms with E-state index in [-0.39, 0.29) is 18.8 Å². The van der Waals surface area contributed by atoms with Gasteiger partial charge in [0, 0.05) is 29.0 Å². The average Bonchev–Trinajstić information content (AvgIpc) is 2.45. The fraction of sp³-hybridized carbons (Fsp3) is 0.200. The van der Waals surface area contributed by atoms with Crippen molar-refractivity contribution in [3.05, 3.63) is 58.4 Å². The molecule has 0 amide bonds. The third-order valence-electron chi connectivity index (χ3n) is 3.14. The first-order valence-corrected chi connectivity index (χ1v) is 6.32. The first kappa shape index (κ1) is 15.8. The number of rotatable bonds is 5. The average molecular weight is 309 g/mol. The molecule has 116 valence electrons. The van der Waals surface area contributed by atoms with E-state index in [1.807, 2.05) is 0 Å². The number of carboxylic acids is 1. The fourth-order valence-corrected chi connectivity index (χ4v) is 1.84. The Kier molecular flexibility index (Phi) is 4.67. The Labute approximate surface area is 124 Å². The molecule has 0 radical (unpaired) electrons. The highest BCUT2D eigenvalue weighted by molar-refractivity contribution is 5.89. The lowest BCUT2D eigenvalue weighted by molar-refractivity contribution is 0.0686. The minimum absolute atomic E-state index is 0.00308. The lowest BCUT2D eigenvalue weighted by Gasteiger charge is -2.10. The number of aromatic nitrogens is 1. The number of aromatic hydroxyl groups is 1. The number of carboxylic acid groups (broad SMARTS) is 1. The number of aromatic carboxylic acids is 1. The molecule has 1 aromatic carbocycles. The van der Waals surface area contributed by atoms with Gasteiger partial charge in [-0.2, -0.15) is 0 Å². The molecule has 0 aliphatic heterocycles. The molecule has 22 heavy (non-hydrogen) atoms. The summed E-state index contributed by atoms with van der Waals surface area (Å²) in [6.45, 7) is 1.44. The molecule has 2 aromatic rings. The number of halogens is 2. The largest absolute Gasteiger partial charge is 0.505 e. The molecule has 1 heterocycles. The van der Waals surface area contributed by atoms with Crippen LogP contribution < -0.4 is 0 Å². The van der Waals surface area contributed by atoms with Gasteiger partial charge in [0.2, 0.25) is 0 Å². The topological polar surface area (TPSA) is 79.7 Å². The molecular formula is C15H13F2NO4. The molecular weight excluding hydrogens is 296 g/mol. The number of pyridine rings is 1. The fourth-order valence-electron chi connectivity index (χ4n) is 1.84. The van der Waals surface area contributed by atoms with Crippen LogP contribution in [-0.2, 0) is 18.0 Å². The summed E-state index contributed by atoms with van der Waals surface area (Å²) in [5.41, 5.74) is 0.557. The maximum Gasteiger partial charge on any atom is 0.358 e. The molecule has 2 N–H and O–H groups in total. The van der Waals surface area contributed by atoms with E-state index < -0.39 is 29.0 Å². The first-order chi connectivity index (χ1) is 10.4. The number of nitrogens with zero attached hydrogens (tertiary/aromatic N) is 1. The van der Waals surface area contributed by atoms with Crippen LogP contribution in [0.3, 0.4) is 0 Å². The smallest absolute Gasteiger partial charge is 0.358 e. The highest BCUT2D eigenvalue weighted by atomic mass is 19.1. The zero-order valence-corrected chi connectivity index (χ0v) is 11.6. The van der Waals surface area contributed by atoms with E-state index >= 15 is 0 Å². The van der Waals surface area contributed by atoms with Crippen molar-refractivity contribution >= 4 is 5.97 Å². The summed E-state index contributed by atoms with van der Waals surface area (Å²) in [7, 11) is 0. The Balaban J connectivity index is 2.06. The third-order valence-corrected chi connectivity index (χ3v) is 3.14. The van der Waals surface area contributed by atoms with Gasteiger partial charge in [-0.15, -0.1) is 0 Å². The molecule has 0 atom stereocenters. The van der Waals surface area contributed by atoms with Crippen molar-refractivity contribution < 1.29 is 28.5 Å². The standard InChI is InChI=1S/C15H13F2NO4/c1-8-10(5-18-13(14(8)19)15(20)21)7-22-6-9-2-3-11(16)4-12(9)17/h2-5,19H,6-7H2,1H3,(H,20,21). The Hall–Kier alpha value is -2.54. The molecule has 2 rings (SSSR count). The molecule has 0 saturated heterocycles. The van der Waals surface area contributed by atoms with Crippen molar-refractivity contribution in [3.8, 4) is 5.75 Å². The van der Waals surface area contributed by atoms with E-state index in [9.17, 15) is 18.7 Å². The van der Waals surface area contributed by atoms with Gasteiger partial charge in [-0.1, -0.05) is 6.07 Å². The monoisotopic (exact) mass is 309 g/mol. The van der Waals surface area contributed by atoms with Crippen LogP contribution in [0.15, 0.2) is 24.4 Å². The van der Waals surface area contributed by atoms with Gasteiger partial charge < -0.3 is 14.9 Å². The Morgan fingerprint density at radius 1 is 1.27 bits per heavy atom. The van der Waals surface area contributed by atoms with Crippen molar-refractivity contribution in [2.45, 2.75) is 20.1 Å². The van der Waals surface area contributed by atoms with Crippen LogP contribution in [0.1, 0.15) is 27.2 Å². The van der Waals surface area contributed by atoms with Gasteiger partial charge in [-0.05, 0) is 13.0 Å². The summed E-state index contributed by atoms with van der Waals surface area (Å²) in [6, 6.07) is 3.17. The van der Waals surface area contributed by atoms with Crippen molar-refractivity contribution in [2.24, 2.45) is 0 Å². The van der Waals surface area contributed by atoms with Crippen LogP contribution in [0.25, 0.3) is 0 Å². The summed E-state index contributed by atoms with van der Waals surface area (Å²) in [4.78, 5) is 14.5. The highest BCUT2D eigenvalue weighted by Gasteiger charge is 2.16. The van der Waals surface area contributed by atoms with E-state index in [4.69, 9.17) is 9.84 Å². The quantitative estimate of drug-likeness (QED) is 0.888. The number of hydrogen-bond donors (Lipinski definition) is 2. The number of carbonyl (C=O) groups is 1. The van der Waals surface area contributed by atoms with Gasteiger partial charge in [0.05, 0.1) is 13.2 Å². The number of hydrogen-bond acceptors (Lipinski definition) is 4. The summed E-state index contributed by atoms with van der Waals surface area (Å²) in [6.07, 6.45) is 1.28. The zero-order valence-electron chi connectivity index (χ0n) is 11.6. The summed E-state index contributed by atoms with van der Waals surface area (Å²) >= 11 is 0. The van der Waals surface area contributed by atoms with Crippen LogP contribution in [0.4, 0.5) is 8.78 Å². The van der Waals surface area contributed by atoms with Crippen LogP contribution >= 0.6 is 0 Å². The molecule has 0 spiro atoms. The first-order valence-electron chi connectivity index (χ1n) is 6.32. The molecule has 0 aliphatic carbocycles. The van der Waals surface area contributed by atoms with Crippen molar-refractivity contribution in [1.29, 1.82) is 0 Å². The molecule has 0 saturated carbocycles. The summed E-state index contributed by atoms with van der Waals surface area (Å²) in [5, 5.41) is 18.6. The van der Waals surface area contributed by atoms with Crippen LogP contribution in [0, 0.1) is 18.6 Å². The normalized spacial score (nSPS) is 10.7. The van der Waals surface area contributed by atoms with Crippen molar-refractivity contribution in [1.82, 2.24) is 4.98 Å². The van der Waals surface area contributed by atoms with Crippen LogP contribution in [0.5, 0.6) is 5.75 Å². The Bertz CT molecular complexity index is 719. The Morgan fingerprint density at radius 2 is 1.95 bits per heavy atom. The van der Waals surface area contributed by atoms with E-state index in [1.54, 1.807) is 0 Å². The van der Waals surface area contributed by atoms with E-state index in [0.717, 1.165) is 12.1 Å². The van der Waals surface area contributed by atoms with Gasteiger partial charge in [-0.25, -0.2) is 18.6 Å². The minimum atomic E-state index is -1.33. The van der Waals surface area contributed by atoms with Crippen LogP contribution in [-0.4, -0.2) is 21.2 Å². The van der Waals surface area contributed by atoms with Gasteiger partial charge in [0.25, 0.3) is 0 Å². The zero-order chi connectivity index (χ0) is 16.3. The third kappa shape index (κ3) is 3.37. The lowest BCUT2D eigenvalue weighted by Crippen LogP contribution is -2.05. The highest BCUT2D eigenvalue weighted by Crippen LogP contribution is 2.24. The van der Waals surface area contributed by atoms with E-state index in [2.05, 4.69) is 4.98 Å². The number of benzene rings is 1. The van der Waals surface area contributed by atoms with Crippen molar-refractivity contribution in [3.63, 3.8) is 0 Å². The molecule has 0 fully saturated rings. The molecule has 1 aromatic heterocycles. The van der Waals surface area contributed by atoms with E-state index in [1.165, 1.54) is 19.2 Å². The predicted molar refractivity (Wildman–Crippen MR) is 72.4 cm³/mol. The predicted octanol–water partition coefficient (Wildman–Crippen LogP) is 2.79. The van der Waals surface area contributed by atoms with Crippen LogP contribution in [0.2, 0.25) is 0 Å². The molecule has 7 heteroatoms. The molecule has 0 bridgehead atoms. The molecule has 5 nitrogen and oxygen atoms in total. The second kappa shape index (κ2) is 6.48. The second-order valence-corrected chi connectivity index (χ2v) is 4.64. The van der Waals surface area contributed by atoms with Crippen molar-refractivity contribution in [2.75, 3.05) is 0 Å². The van der Waals surface area contributed by atoms with Gasteiger partial charge in [0.1, 0.15) is 11.6 Å². The SMILES string of the molecule is Cc1c(COCc2ccc(F)cc2F)cnc(C(=O)O)c1O. The molecule has 0 unspecified atom stereocenters. The summed E-state index contributed by atoms with van der Waals surface area (Å²) in [5.74, 6) is -3.14. The molecule has 0 aliphatic rings.